The highest BCUT2D eigenvalue weighted by molar-refractivity contribution is 5.96. The van der Waals surface area contributed by atoms with E-state index in [9.17, 15) is 14.9 Å². The second kappa shape index (κ2) is 10.8. The van der Waals surface area contributed by atoms with Crippen molar-refractivity contribution in [2.24, 2.45) is 0 Å². The predicted molar refractivity (Wildman–Crippen MR) is 127 cm³/mol. The maximum atomic E-state index is 12.5. The maximum Gasteiger partial charge on any atom is 0.341 e. The summed E-state index contributed by atoms with van der Waals surface area (Å²) in [6.45, 7) is 2.84. The van der Waals surface area contributed by atoms with E-state index in [-0.39, 0.29) is 17.9 Å². The minimum absolute atomic E-state index is 0.0786. The van der Waals surface area contributed by atoms with E-state index in [0.717, 1.165) is 5.56 Å². The van der Waals surface area contributed by atoms with E-state index in [1.54, 1.807) is 13.1 Å². The Bertz CT molecular complexity index is 1290. The zero-order valence-electron chi connectivity index (χ0n) is 18.7. The number of esters is 1. The lowest BCUT2D eigenvalue weighted by molar-refractivity contribution is -0.385. The number of nitrogens with zero attached hydrogens (tertiary/aromatic N) is 5. The lowest BCUT2D eigenvalue weighted by Gasteiger charge is -2.12. The molecule has 0 atom stereocenters. The molecule has 0 bridgehead atoms. The quantitative estimate of drug-likeness (QED) is 0.149. The van der Waals surface area contributed by atoms with Crippen molar-refractivity contribution in [2.45, 2.75) is 6.92 Å². The fourth-order valence-corrected chi connectivity index (χ4v) is 3.16. The Balaban J connectivity index is 1.47. The van der Waals surface area contributed by atoms with Gasteiger partial charge in [0.2, 0.25) is 5.95 Å². The van der Waals surface area contributed by atoms with Crippen LogP contribution in [0.1, 0.15) is 17.3 Å². The second-order valence-corrected chi connectivity index (χ2v) is 7.13. The smallest absolute Gasteiger partial charge is 0.341 e. The van der Waals surface area contributed by atoms with Crippen molar-refractivity contribution in [3.8, 4) is 22.6 Å². The Labute approximate surface area is 199 Å². The molecule has 0 spiro atoms. The molecule has 1 aromatic carbocycles. The summed E-state index contributed by atoms with van der Waals surface area (Å²) in [6, 6.07) is 10.3. The summed E-state index contributed by atoms with van der Waals surface area (Å²) in [7, 11) is 0. The van der Waals surface area contributed by atoms with Gasteiger partial charge in [-0.3, -0.25) is 10.1 Å². The van der Waals surface area contributed by atoms with Crippen molar-refractivity contribution >= 4 is 23.4 Å². The van der Waals surface area contributed by atoms with Gasteiger partial charge in [0.05, 0.1) is 23.4 Å². The minimum Gasteiger partial charge on any atom is -0.462 e. The topological polar surface area (TPSA) is 158 Å². The first kappa shape index (κ1) is 23.3. The van der Waals surface area contributed by atoms with Crippen LogP contribution in [0.3, 0.4) is 0 Å². The largest absolute Gasteiger partial charge is 0.462 e. The van der Waals surface area contributed by atoms with Gasteiger partial charge in [0.25, 0.3) is 5.69 Å². The number of oxazole rings is 1. The van der Waals surface area contributed by atoms with Crippen LogP contribution in [0.15, 0.2) is 65.8 Å². The Morgan fingerprint density at radius 1 is 1.03 bits per heavy atom. The number of nitrogens with one attached hydrogen (secondary N) is 2. The molecule has 4 aromatic rings. The van der Waals surface area contributed by atoms with Crippen LogP contribution in [-0.4, -0.2) is 50.5 Å². The van der Waals surface area contributed by atoms with Crippen molar-refractivity contribution in [1.82, 2.24) is 19.9 Å². The van der Waals surface area contributed by atoms with Crippen LogP contribution in [0, 0.1) is 10.1 Å². The summed E-state index contributed by atoms with van der Waals surface area (Å²) >= 11 is 0. The molecule has 12 heteroatoms. The van der Waals surface area contributed by atoms with Crippen LogP contribution < -0.4 is 10.6 Å². The molecule has 0 radical (unpaired) electrons. The molecule has 4 rings (SSSR count). The molecule has 35 heavy (non-hydrogen) atoms. The Morgan fingerprint density at radius 2 is 1.80 bits per heavy atom. The van der Waals surface area contributed by atoms with Gasteiger partial charge in [-0.05, 0) is 13.0 Å². The monoisotopic (exact) mass is 475 g/mol. The summed E-state index contributed by atoms with van der Waals surface area (Å²) in [5.41, 5.74) is 2.13. The summed E-state index contributed by atoms with van der Waals surface area (Å²) < 4.78 is 10.5. The van der Waals surface area contributed by atoms with Crippen LogP contribution in [0.4, 0.5) is 17.5 Å². The number of carbonyl (C=O) groups excluding carboxylic acids is 1. The fourth-order valence-electron chi connectivity index (χ4n) is 3.16. The van der Waals surface area contributed by atoms with E-state index in [1.807, 2.05) is 24.3 Å². The summed E-state index contributed by atoms with van der Waals surface area (Å²) in [5, 5.41) is 16.9. The molecule has 3 aromatic heterocycles. The molecule has 0 aliphatic heterocycles. The highest BCUT2D eigenvalue weighted by atomic mass is 16.6. The number of aromatic nitrogens is 4. The van der Waals surface area contributed by atoms with Crippen molar-refractivity contribution in [1.29, 1.82) is 0 Å². The average molecular weight is 475 g/mol. The molecule has 3 heterocycles. The average Bonchev–Trinajstić information content (AvgIpc) is 3.42. The van der Waals surface area contributed by atoms with Gasteiger partial charge in [-0.1, -0.05) is 24.3 Å². The standard InChI is InChI=1S/C23H21N7O5/c1-2-34-22(31)18-12-28-23(26-10-9-25-20-8-7-17(11-27-20)30(32)33)29-21(18)16-5-3-15(4-6-16)19-13-24-14-35-19/h3-8,11-14H,2,9-10H2,1H3,(H,25,27)(H,26,28,29). The molecule has 12 nitrogen and oxygen atoms in total. The van der Waals surface area contributed by atoms with Crippen LogP contribution in [0.25, 0.3) is 22.6 Å². The molecule has 0 amide bonds. The van der Waals surface area contributed by atoms with Gasteiger partial charge in [-0.2, -0.15) is 0 Å². The lowest BCUT2D eigenvalue weighted by atomic mass is 10.0. The van der Waals surface area contributed by atoms with Crippen LogP contribution in [0.5, 0.6) is 0 Å². The zero-order valence-corrected chi connectivity index (χ0v) is 18.7. The number of benzene rings is 1. The van der Waals surface area contributed by atoms with Crippen molar-refractivity contribution < 1.29 is 18.9 Å². The number of hydrogen-bond donors (Lipinski definition) is 2. The molecular weight excluding hydrogens is 454 g/mol. The SMILES string of the molecule is CCOC(=O)c1cnc(NCCNc2ccc([N+](=O)[O-])cn2)nc1-c1ccc(-c2cnco2)cc1. The van der Waals surface area contributed by atoms with Gasteiger partial charge in [0, 0.05) is 36.5 Å². The number of anilines is 2. The Hall–Kier alpha value is -4.87. The van der Waals surface area contributed by atoms with Gasteiger partial charge in [0.15, 0.2) is 12.2 Å². The van der Waals surface area contributed by atoms with E-state index >= 15 is 0 Å². The van der Waals surface area contributed by atoms with Crippen molar-refractivity contribution in [2.75, 3.05) is 30.3 Å². The number of rotatable bonds is 10. The third kappa shape index (κ3) is 5.74. The summed E-state index contributed by atoms with van der Waals surface area (Å²) in [6.07, 6.45) is 5.59. The molecule has 0 aliphatic rings. The lowest BCUT2D eigenvalue weighted by Crippen LogP contribution is -2.17. The molecule has 2 N–H and O–H groups in total. The predicted octanol–water partition coefficient (Wildman–Crippen LogP) is 3.80. The molecule has 0 unspecified atom stereocenters. The van der Waals surface area contributed by atoms with Gasteiger partial charge < -0.3 is 19.8 Å². The first-order chi connectivity index (χ1) is 17.0. The van der Waals surface area contributed by atoms with Crippen molar-refractivity contribution in [3.63, 3.8) is 0 Å². The number of carbonyl (C=O) groups is 1. The molecule has 0 saturated heterocycles. The van der Waals surface area contributed by atoms with E-state index in [4.69, 9.17) is 9.15 Å². The first-order valence-corrected chi connectivity index (χ1v) is 10.7. The van der Waals surface area contributed by atoms with Gasteiger partial charge in [-0.25, -0.2) is 24.7 Å². The molecule has 0 saturated carbocycles. The third-order valence-corrected chi connectivity index (χ3v) is 4.83. The fraction of sp³-hybridized carbons (Fsp3) is 0.174. The number of pyridine rings is 1. The maximum absolute atomic E-state index is 12.5. The zero-order chi connectivity index (χ0) is 24.6. The molecule has 0 aliphatic carbocycles. The van der Waals surface area contributed by atoms with E-state index in [1.165, 1.54) is 30.9 Å². The van der Waals surface area contributed by atoms with Crippen LogP contribution in [-0.2, 0) is 4.74 Å². The highest BCUT2D eigenvalue weighted by Crippen LogP contribution is 2.27. The second-order valence-electron chi connectivity index (χ2n) is 7.13. The van der Waals surface area contributed by atoms with Crippen LogP contribution >= 0.6 is 0 Å². The number of ether oxygens (including phenoxy) is 1. The molecule has 178 valence electrons. The number of hydrogen-bond acceptors (Lipinski definition) is 11. The third-order valence-electron chi connectivity index (χ3n) is 4.83. The number of nitro groups is 1. The van der Waals surface area contributed by atoms with Gasteiger partial charge in [0.1, 0.15) is 17.6 Å². The molecular formula is C23H21N7O5. The summed E-state index contributed by atoms with van der Waals surface area (Å²) in [4.78, 5) is 39.4. The van der Waals surface area contributed by atoms with Gasteiger partial charge >= 0.3 is 5.97 Å². The Kier molecular flexibility index (Phi) is 7.21. The van der Waals surface area contributed by atoms with E-state index in [0.29, 0.717) is 41.9 Å². The van der Waals surface area contributed by atoms with Crippen molar-refractivity contribution in [3.05, 3.63) is 77.1 Å². The van der Waals surface area contributed by atoms with E-state index in [2.05, 4.69) is 30.6 Å². The Morgan fingerprint density at radius 3 is 2.46 bits per heavy atom. The van der Waals surface area contributed by atoms with Crippen LogP contribution in [0.2, 0.25) is 0 Å². The van der Waals surface area contributed by atoms with Gasteiger partial charge in [-0.15, -0.1) is 0 Å². The van der Waals surface area contributed by atoms with E-state index < -0.39 is 10.9 Å². The summed E-state index contributed by atoms with van der Waals surface area (Å²) in [5.74, 6) is 0.941. The highest BCUT2D eigenvalue weighted by Gasteiger charge is 2.18. The normalized spacial score (nSPS) is 10.5. The first-order valence-electron chi connectivity index (χ1n) is 10.7. The minimum atomic E-state index is -0.515. The molecule has 0 fully saturated rings.